The van der Waals surface area contributed by atoms with Crippen molar-refractivity contribution in [2.24, 2.45) is 0 Å². The van der Waals surface area contributed by atoms with Gasteiger partial charge in [0.1, 0.15) is 0 Å². The van der Waals surface area contributed by atoms with Gasteiger partial charge in [-0.1, -0.05) is 6.92 Å². The maximum atomic E-state index is 12.2. The van der Waals surface area contributed by atoms with Gasteiger partial charge in [0.15, 0.2) is 0 Å². The minimum absolute atomic E-state index is 0.368. The first-order valence-electron chi connectivity index (χ1n) is 6.25. The Kier molecular flexibility index (Phi) is 6.72. The van der Waals surface area contributed by atoms with Crippen LogP contribution < -0.4 is 5.32 Å². The third-order valence-corrected chi connectivity index (χ3v) is 6.20. The Morgan fingerprint density at radius 3 is 2.50 bits per heavy atom. The van der Waals surface area contributed by atoms with Crippen molar-refractivity contribution in [1.29, 1.82) is 0 Å². The summed E-state index contributed by atoms with van der Waals surface area (Å²) in [4.78, 5) is 0. The first-order valence-corrected chi connectivity index (χ1v) is 9.14. The van der Waals surface area contributed by atoms with Crippen LogP contribution in [0.25, 0.3) is 0 Å². The Balaban J connectivity index is 2.44. The van der Waals surface area contributed by atoms with Gasteiger partial charge in [-0.15, -0.1) is 0 Å². The van der Waals surface area contributed by atoms with Crippen LogP contribution in [-0.4, -0.2) is 72.5 Å². The van der Waals surface area contributed by atoms with Gasteiger partial charge < -0.3 is 5.32 Å². The molecule has 0 bridgehead atoms. The second-order valence-corrected chi connectivity index (χ2v) is 8.02. The predicted molar refractivity (Wildman–Crippen MR) is 74.2 cm³/mol. The number of hydrogen-bond acceptors (Lipinski definition) is 4. The molecule has 0 aromatic rings. The predicted octanol–water partition coefficient (Wildman–Crippen LogP) is -0.773. The summed E-state index contributed by atoms with van der Waals surface area (Å²) < 4.78 is 38.4. The van der Waals surface area contributed by atoms with E-state index in [1.54, 1.807) is 7.05 Å². The fourth-order valence-corrected chi connectivity index (χ4v) is 4.45. The molecule has 108 valence electrons. The van der Waals surface area contributed by atoms with Crippen molar-refractivity contribution in [3.63, 3.8) is 0 Å². The van der Waals surface area contributed by atoms with Crippen LogP contribution in [0.5, 0.6) is 0 Å². The van der Waals surface area contributed by atoms with E-state index in [-0.39, 0.29) is 0 Å². The van der Waals surface area contributed by atoms with Crippen molar-refractivity contribution in [3.8, 4) is 0 Å². The van der Waals surface area contributed by atoms with Crippen molar-refractivity contribution >= 4 is 21.0 Å². The number of rotatable bonds is 7. The van der Waals surface area contributed by atoms with Gasteiger partial charge in [0.05, 0.1) is 0 Å². The molecular formula is C10H23N3O3S2. The Morgan fingerprint density at radius 2 is 1.94 bits per heavy atom. The van der Waals surface area contributed by atoms with Crippen molar-refractivity contribution in [3.05, 3.63) is 0 Å². The zero-order chi connectivity index (χ0) is 13.6. The molecule has 0 aliphatic carbocycles. The largest absolute Gasteiger partial charge is 0.317 e. The molecule has 1 fully saturated rings. The van der Waals surface area contributed by atoms with Crippen LogP contribution in [0.1, 0.15) is 13.3 Å². The molecule has 0 spiro atoms. The summed E-state index contributed by atoms with van der Waals surface area (Å²) in [5.41, 5.74) is 0. The molecule has 0 aromatic carbocycles. The van der Waals surface area contributed by atoms with Crippen molar-refractivity contribution in [2.45, 2.75) is 13.3 Å². The number of hydrogen-bond donors (Lipinski definition) is 1. The van der Waals surface area contributed by atoms with E-state index in [1.807, 2.05) is 6.92 Å². The van der Waals surface area contributed by atoms with Crippen LogP contribution in [0.15, 0.2) is 0 Å². The van der Waals surface area contributed by atoms with E-state index < -0.39 is 21.0 Å². The van der Waals surface area contributed by atoms with E-state index in [1.165, 1.54) is 8.61 Å². The number of nitrogens with zero attached hydrogens (tertiary/aromatic N) is 2. The molecule has 0 saturated carbocycles. The SMILES string of the molecule is CCNCCCN(C)S(=O)(=O)N1CCS(=O)CC1. The standard InChI is InChI=1S/C10H23N3O3S2/c1-3-11-5-4-6-12(2)18(15,16)13-7-9-17(14)10-8-13/h11H,3-10H2,1-2H3. The van der Waals surface area contributed by atoms with Crippen LogP contribution in [0.2, 0.25) is 0 Å². The lowest BCUT2D eigenvalue weighted by molar-refractivity contribution is 0.371. The summed E-state index contributed by atoms with van der Waals surface area (Å²) in [6.07, 6.45) is 0.795. The highest BCUT2D eigenvalue weighted by Gasteiger charge is 2.29. The first kappa shape index (κ1) is 16.0. The second-order valence-electron chi connectivity index (χ2n) is 4.28. The van der Waals surface area contributed by atoms with Crippen molar-refractivity contribution in [1.82, 2.24) is 13.9 Å². The lowest BCUT2D eigenvalue weighted by atomic mass is 10.4. The molecule has 0 unspecified atom stereocenters. The van der Waals surface area contributed by atoms with Crippen LogP contribution in [0.3, 0.4) is 0 Å². The maximum absolute atomic E-state index is 12.2. The summed E-state index contributed by atoms with van der Waals surface area (Å²) in [5.74, 6) is 0.898. The highest BCUT2D eigenvalue weighted by Crippen LogP contribution is 2.10. The van der Waals surface area contributed by atoms with Gasteiger partial charge in [-0.05, 0) is 19.5 Å². The van der Waals surface area contributed by atoms with Gasteiger partial charge in [-0.3, -0.25) is 4.21 Å². The van der Waals surface area contributed by atoms with E-state index in [2.05, 4.69) is 5.32 Å². The summed E-state index contributed by atoms with van der Waals surface area (Å²) in [7, 11) is -2.62. The van der Waals surface area contributed by atoms with Gasteiger partial charge in [0.25, 0.3) is 10.2 Å². The monoisotopic (exact) mass is 297 g/mol. The number of nitrogens with one attached hydrogen (secondary N) is 1. The van der Waals surface area contributed by atoms with Gasteiger partial charge >= 0.3 is 0 Å². The van der Waals surface area contributed by atoms with Gasteiger partial charge in [-0.2, -0.15) is 17.0 Å². The average Bonchev–Trinajstić information content (AvgIpc) is 2.35. The van der Waals surface area contributed by atoms with Crippen LogP contribution in [0.4, 0.5) is 0 Å². The zero-order valence-corrected chi connectivity index (χ0v) is 12.7. The molecule has 0 radical (unpaired) electrons. The highest BCUT2D eigenvalue weighted by atomic mass is 32.2. The van der Waals surface area contributed by atoms with Gasteiger partial charge in [0.2, 0.25) is 0 Å². The van der Waals surface area contributed by atoms with E-state index in [0.29, 0.717) is 31.1 Å². The van der Waals surface area contributed by atoms with Crippen LogP contribution >= 0.6 is 0 Å². The van der Waals surface area contributed by atoms with E-state index in [9.17, 15) is 12.6 Å². The fraction of sp³-hybridized carbons (Fsp3) is 1.00. The summed E-state index contributed by atoms with van der Waals surface area (Å²) in [6, 6.07) is 0. The molecule has 8 heteroatoms. The molecular weight excluding hydrogens is 274 g/mol. The molecule has 1 heterocycles. The molecule has 6 nitrogen and oxygen atoms in total. The maximum Gasteiger partial charge on any atom is 0.281 e. The molecule has 1 aliphatic rings. The van der Waals surface area contributed by atoms with Crippen LogP contribution in [-0.2, 0) is 21.0 Å². The van der Waals surface area contributed by atoms with E-state index in [4.69, 9.17) is 0 Å². The average molecular weight is 297 g/mol. The zero-order valence-electron chi connectivity index (χ0n) is 11.1. The second kappa shape index (κ2) is 7.54. The molecule has 0 atom stereocenters. The summed E-state index contributed by atoms with van der Waals surface area (Å²) in [6.45, 7) is 4.98. The van der Waals surface area contributed by atoms with Crippen molar-refractivity contribution in [2.75, 3.05) is 51.3 Å². The topological polar surface area (TPSA) is 69.7 Å². The normalized spacial score (nSPS) is 19.5. The molecule has 1 aliphatic heterocycles. The van der Waals surface area contributed by atoms with Gasteiger partial charge in [-0.25, -0.2) is 0 Å². The Hall–Kier alpha value is -0.0200. The van der Waals surface area contributed by atoms with Gasteiger partial charge in [0, 0.05) is 49.0 Å². The minimum Gasteiger partial charge on any atom is -0.317 e. The smallest absolute Gasteiger partial charge is 0.281 e. The lowest BCUT2D eigenvalue weighted by Gasteiger charge is -2.29. The summed E-state index contributed by atoms with van der Waals surface area (Å²) >= 11 is 0. The summed E-state index contributed by atoms with van der Waals surface area (Å²) in [5, 5.41) is 3.17. The van der Waals surface area contributed by atoms with Crippen LogP contribution in [0, 0.1) is 0 Å². The van der Waals surface area contributed by atoms with E-state index in [0.717, 1.165) is 19.5 Å². The Labute approximate surface area is 112 Å². The third-order valence-electron chi connectivity index (χ3n) is 2.93. The molecule has 0 aromatic heterocycles. The lowest BCUT2D eigenvalue weighted by Crippen LogP contribution is -2.48. The highest BCUT2D eigenvalue weighted by molar-refractivity contribution is 7.87. The molecule has 1 N–H and O–H groups in total. The molecule has 1 saturated heterocycles. The minimum atomic E-state index is -3.37. The Morgan fingerprint density at radius 1 is 1.33 bits per heavy atom. The van der Waals surface area contributed by atoms with E-state index >= 15 is 0 Å². The third kappa shape index (κ3) is 4.58. The molecule has 18 heavy (non-hydrogen) atoms. The Bertz CT molecular complexity index is 363. The molecule has 1 rings (SSSR count). The quantitative estimate of drug-likeness (QED) is 0.626. The van der Waals surface area contributed by atoms with Crippen molar-refractivity contribution < 1.29 is 12.6 Å². The molecule has 0 amide bonds. The fourth-order valence-electron chi connectivity index (χ4n) is 1.77. The first-order chi connectivity index (χ1) is 8.48.